The van der Waals surface area contributed by atoms with Crippen LogP contribution in [-0.4, -0.2) is 66.5 Å². The van der Waals surface area contributed by atoms with Crippen LogP contribution in [0.1, 0.15) is 76.9 Å². The van der Waals surface area contributed by atoms with Crippen LogP contribution < -0.4 is 14.2 Å². The first-order valence-corrected chi connectivity index (χ1v) is 37.5. The van der Waals surface area contributed by atoms with E-state index in [4.69, 9.17) is 47.1 Å². The summed E-state index contributed by atoms with van der Waals surface area (Å²) in [6.07, 6.45) is 1.27. The van der Waals surface area contributed by atoms with Gasteiger partial charge in [0.1, 0.15) is 74.3 Å². The Balaban J connectivity index is 1.14. The summed E-state index contributed by atoms with van der Waals surface area (Å²) in [5.41, 5.74) is 10.1. The van der Waals surface area contributed by atoms with Gasteiger partial charge in [0, 0.05) is 22.1 Å². The van der Waals surface area contributed by atoms with E-state index in [1.807, 2.05) is 103 Å². The van der Waals surface area contributed by atoms with Crippen molar-refractivity contribution in [2.24, 2.45) is 0 Å². The normalized spacial score (nSPS) is 22.9. The fraction of sp³-hybridized carbons (Fsp3) is 0.342. The van der Waals surface area contributed by atoms with Crippen LogP contribution in [0.2, 0.25) is 31.2 Å². The first-order chi connectivity index (χ1) is 41.7. The first-order valence-electron chi connectivity index (χ1n) is 30.2. The standard InChI is InChI=1S/C73H80O10SSi2/c1-71(2,3)86(7,8)81-48-57-41-72-65-64(73(57,83-72)84-4)63(61-58(75-43-52-29-17-10-18-30-52)39-40-59(76-44-53-31-19-11-20-32-53)62(61)67(65)80-50-85(72,5)6)68-70(79-47-56-37-25-14-26-38-56)69(78-46-55-35-23-13-24-36-55)66(77-45-54-33-21-12-22-34-54)60(82-68)49-74-42-51-27-15-9-16-28-51/h9-41,60,66,68-70H,42-50H2,1-8H3/t60-,66-,68+,69+,70+,72?,73?/m1/s1. The molecule has 13 heteroatoms. The molecule has 10 nitrogen and oxygen atoms in total. The van der Waals surface area contributed by atoms with Crippen LogP contribution in [-0.2, 0) is 82.6 Å². The van der Waals surface area contributed by atoms with Crippen molar-refractivity contribution in [3.8, 4) is 17.2 Å². The topological polar surface area (TPSA) is 92.3 Å². The molecule has 8 aromatic rings. The molecule has 86 heavy (non-hydrogen) atoms. The zero-order valence-corrected chi connectivity index (χ0v) is 53.6. The maximum Gasteiger partial charge on any atom is 0.192 e. The highest BCUT2D eigenvalue weighted by Gasteiger charge is 2.70. The molecule has 7 atom stereocenters. The summed E-state index contributed by atoms with van der Waals surface area (Å²) >= 11 is 1.70. The van der Waals surface area contributed by atoms with Crippen LogP contribution in [0.5, 0.6) is 17.2 Å². The molecular weight excluding hydrogens is 1130 g/mol. The lowest BCUT2D eigenvalue weighted by atomic mass is 9.78. The average molecular weight is 1210 g/mol. The van der Waals surface area contributed by atoms with Crippen LogP contribution in [0.4, 0.5) is 0 Å². The second-order valence-electron chi connectivity index (χ2n) is 25.3. The molecule has 4 aliphatic rings. The van der Waals surface area contributed by atoms with Crippen LogP contribution in [0, 0.1) is 0 Å². The number of thioether (sulfide) groups is 1. The monoisotopic (exact) mass is 1200 g/mol. The molecule has 4 heterocycles. The second-order valence-corrected chi connectivity index (χ2v) is 35.9. The van der Waals surface area contributed by atoms with Gasteiger partial charge in [-0.1, -0.05) is 216 Å². The van der Waals surface area contributed by atoms with Gasteiger partial charge in [0.15, 0.2) is 13.3 Å². The molecule has 0 saturated carbocycles. The molecule has 0 aromatic heterocycles. The first kappa shape index (κ1) is 60.0. The average Bonchev–Trinajstić information content (AvgIpc) is 1.45. The van der Waals surface area contributed by atoms with E-state index >= 15 is 0 Å². The van der Waals surface area contributed by atoms with Crippen molar-refractivity contribution in [3.05, 3.63) is 256 Å². The highest BCUT2D eigenvalue weighted by Crippen LogP contribution is 2.71. The molecule has 8 aromatic carbocycles. The molecule has 0 N–H and O–H groups in total. The zero-order chi connectivity index (χ0) is 59.5. The highest BCUT2D eigenvalue weighted by molar-refractivity contribution is 7.99. The van der Waals surface area contributed by atoms with E-state index in [0.717, 1.165) is 72.2 Å². The lowest BCUT2D eigenvalue weighted by Crippen LogP contribution is -2.59. The Morgan fingerprint density at radius 2 is 0.977 bits per heavy atom. The van der Waals surface area contributed by atoms with Crippen molar-refractivity contribution in [1.29, 1.82) is 0 Å². The van der Waals surface area contributed by atoms with Gasteiger partial charge in [-0.2, -0.15) is 0 Å². The highest BCUT2D eigenvalue weighted by atomic mass is 32.2. The van der Waals surface area contributed by atoms with Crippen LogP contribution in [0.3, 0.4) is 0 Å². The second kappa shape index (κ2) is 25.4. The van der Waals surface area contributed by atoms with Crippen molar-refractivity contribution in [2.75, 3.05) is 25.7 Å². The van der Waals surface area contributed by atoms with Crippen molar-refractivity contribution in [2.45, 2.75) is 132 Å². The number of rotatable bonds is 24. The van der Waals surface area contributed by atoms with Gasteiger partial charge in [-0.25, -0.2) is 0 Å². The minimum atomic E-state index is -2.61. The molecule has 2 bridgehead atoms. The van der Waals surface area contributed by atoms with Crippen molar-refractivity contribution < 1.29 is 47.1 Å². The molecule has 4 aliphatic heterocycles. The van der Waals surface area contributed by atoms with Gasteiger partial charge in [-0.05, 0) is 81.6 Å². The van der Waals surface area contributed by atoms with Gasteiger partial charge in [-0.3, -0.25) is 0 Å². The molecule has 0 amide bonds. The lowest BCUT2D eigenvalue weighted by Gasteiger charge is -2.48. The predicted octanol–water partition coefficient (Wildman–Crippen LogP) is 16.3. The summed E-state index contributed by atoms with van der Waals surface area (Å²) in [7, 11) is -4.93. The Kier molecular flexibility index (Phi) is 17.7. The maximum atomic E-state index is 8.14. The Morgan fingerprint density at radius 1 is 0.535 bits per heavy atom. The van der Waals surface area contributed by atoms with Gasteiger partial charge in [0.25, 0.3) is 0 Å². The molecule has 446 valence electrons. The fourth-order valence-corrected chi connectivity index (χ4v) is 17.0. The van der Waals surface area contributed by atoms with Crippen molar-refractivity contribution in [3.63, 3.8) is 0 Å². The summed E-state index contributed by atoms with van der Waals surface area (Å²) < 4.78 is 74.8. The summed E-state index contributed by atoms with van der Waals surface area (Å²) in [6.45, 7) is 18.7. The number of hydrogen-bond acceptors (Lipinski definition) is 11. The maximum absolute atomic E-state index is 8.14. The Labute approximate surface area is 514 Å². The predicted molar refractivity (Wildman–Crippen MR) is 346 cm³/mol. The molecule has 2 unspecified atom stereocenters. The van der Waals surface area contributed by atoms with Gasteiger partial charge in [0.2, 0.25) is 0 Å². The molecule has 0 radical (unpaired) electrons. The summed E-state index contributed by atoms with van der Waals surface area (Å²) in [4.78, 5) is -1.07. The van der Waals surface area contributed by atoms with E-state index in [0.29, 0.717) is 50.8 Å². The minimum Gasteiger partial charge on any atom is -0.496 e. The van der Waals surface area contributed by atoms with E-state index in [-0.39, 0.29) is 24.9 Å². The third-order valence-electron chi connectivity index (χ3n) is 18.1. The number of fused-ring (bicyclic) bond motifs is 4. The smallest absolute Gasteiger partial charge is 0.192 e. The molecule has 12 rings (SSSR count). The van der Waals surface area contributed by atoms with Gasteiger partial charge in [0.05, 0.1) is 51.3 Å². The van der Waals surface area contributed by atoms with E-state index < -0.39 is 57.1 Å². The van der Waals surface area contributed by atoms with Crippen molar-refractivity contribution in [1.82, 2.24) is 0 Å². The third-order valence-corrected chi connectivity index (χ3v) is 27.1. The third kappa shape index (κ3) is 11.9. The molecule has 1 spiro atoms. The van der Waals surface area contributed by atoms with E-state index in [9.17, 15) is 0 Å². The number of hydrogen-bond donors (Lipinski definition) is 0. The van der Waals surface area contributed by atoms with Crippen molar-refractivity contribution >= 4 is 38.9 Å². The van der Waals surface area contributed by atoms with Gasteiger partial charge in [-0.15, -0.1) is 11.8 Å². The quantitative estimate of drug-likeness (QED) is 0.0428. The number of benzene rings is 8. The van der Waals surface area contributed by atoms with E-state index in [1.165, 1.54) is 0 Å². The Morgan fingerprint density at radius 3 is 1.45 bits per heavy atom. The largest absolute Gasteiger partial charge is 0.496 e. The molecule has 1 fully saturated rings. The summed E-state index contributed by atoms with van der Waals surface area (Å²) in [5.74, 6) is 2.02. The van der Waals surface area contributed by atoms with Crippen LogP contribution in [0.15, 0.2) is 206 Å². The Hall–Kier alpha value is -6.34. The Bertz CT molecular complexity index is 3610. The SMILES string of the molecule is CSC12OC3(C=C1CO[Si](C)(C)C(C)(C)C)c1c2c([C@@H]2O[C@H](COCc4ccccc4)[C@@H](OCc4ccccc4)[C@H](OCc4ccccc4)[C@H]2OCc2ccccc2)c2c(OCc4ccccc4)ccc(OCc4ccccc4)c2c1OC[Si]3(C)C. The zero-order valence-electron chi connectivity index (χ0n) is 50.8. The molecule has 1 saturated heterocycles. The minimum absolute atomic E-state index is 0.0398. The fourth-order valence-electron chi connectivity index (χ4n) is 12.3. The number of ether oxygens (including phenoxy) is 9. The lowest BCUT2D eigenvalue weighted by molar-refractivity contribution is -0.275. The van der Waals surface area contributed by atoms with Gasteiger partial charge < -0.3 is 47.1 Å². The van der Waals surface area contributed by atoms with Crippen LogP contribution >= 0.6 is 11.8 Å². The van der Waals surface area contributed by atoms with Gasteiger partial charge >= 0.3 is 0 Å². The van der Waals surface area contributed by atoms with E-state index in [1.54, 1.807) is 11.8 Å². The van der Waals surface area contributed by atoms with Crippen LogP contribution in [0.25, 0.3) is 10.8 Å². The summed E-state index contributed by atoms with van der Waals surface area (Å²) in [6, 6.07) is 65.9. The molecular formula is C73H80O10SSi2. The molecule has 0 aliphatic carbocycles. The van der Waals surface area contributed by atoms with E-state index in [2.05, 4.69) is 150 Å². The summed E-state index contributed by atoms with van der Waals surface area (Å²) in [5, 5.41) is 0.694.